The largest absolute Gasteiger partial charge is 0.415 e. The smallest absolute Gasteiger partial charge is 0.192 e. The molecule has 2 aliphatic heterocycles. The lowest BCUT2D eigenvalue weighted by atomic mass is 9.88. The second kappa shape index (κ2) is 15.7. The molecule has 0 unspecified atom stereocenters. The van der Waals surface area contributed by atoms with Gasteiger partial charge in [-0.3, -0.25) is 9.89 Å². The van der Waals surface area contributed by atoms with Crippen molar-refractivity contribution in [2.45, 2.75) is 174 Å². The number of likely N-dealkylation sites (tertiary alicyclic amines) is 1. The molecule has 0 aromatic carbocycles. The van der Waals surface area contributed by atoms with E-state index in [1.807, 2.05) is 6.21 Å². The van der Waals surface area contributed by atoms with E-state index in [-0.39, 0.29) is 33.4 Å². The number of fused-ring (bicyclic) bond motifs is 1. The number of nitrogens with one attached hydrogen (secondary N) is 1. The van der Waals surface area contributed by atoms with Crippen molar-refractivity contribution in [3.05, 3.63) is 12.0 Å². The Balaban J connectivity index is 1.78. The summed E-state index contributed by atoms with van der Waals surface area (Å²) in [5.74, 6) is 1.24. The van der Waals surface area contributed by atoms with Crippen molar-refractivity contribution < 1.29 is 13.3 Å². The van der Waals surface area contributed by atoms with Gasteiger partial charge < -0.3 is 18.6 Å². The van der Waals surface area contributed by atoms with E-state index >= 15 is 0 Å². The van der Waals surface area contributed by atoms with Gasteiger partial charge >= 0.3 is 0 Å². The van der Waals surface area contributed by atoms with Crippen LogP contribution in [0.15, 0.2) is 11.3 Å². The molecule has 3 rings (SSSR count). The summed E-state index contributed by atoms with van der Waals surface area (Å²) in [4.78, 5) is 16.0. The first-order chi connectivity index (χ1) is 21.9. The summed E-state index contributed by atoms with van der Waals surface area (Å²) in [7, 11) is -6.14. The van der Waals surface area contributed by atoms with Crippen LogP contribution in [0.2, 0.25) is 54.4 Å². The molecule has 3 heterocycles. The maximum atomic E-state index is 7.51. The Labute approximate surface area is 298 Å². The Hall–Kier alpha value is -0.959. The summed E-state index contributed by atoms with van der Waals surface area (Å²) in [6.45, 7) is 41.6. The number of aromatic nitrogens is 2. The number of anilines is 1. The molecule has 1 saturated heterocycles. The molecule has 4 atom stereocenters. The molecule has 1 aromatic rings. The van der Waals surface area contributed by atoms with E-state index in [4.69, 9.17) is 13.3 Å². The number of piperidine rings is 1. The van der Waals surface area contributed by atoms with Crippen LogP contribution >= 0.6 is 0 Å². The minimum atomic E-state index is -2.12. The summed E-state index contributed by atoms with van der Waals surface area (Å²) in [6.07, 6.45) is 9.05. The molecular formula is C37H73N5O3Si3. The number of rotatable bonds is 15. The highest BCUT2D eigenvalue weighted by Crippen LogP contribution is 2.44. The van der Waals surface area contributed by atoms with Crippen LogP contribution in [0.5, 0.6) is 0 Å². The lowest BCUT2D eigenvalue weighted by molar-refractivity contribution is -0.101. The molecule has 48 heavy (non-hydrogen) atoms. The number of aliphatic imine (C=N–C) groups is 1. The Morgan fingerprint density at radius 1 is 0.771 bits per heavy atom. The zero-order chi connectivity index (χ0) is 36.3. The predicted octanol–water partition coefficient (Wildman–Crippen LogP) is 9.83. The van der Waals surface area contributed by atoms with E-state index in [9.17, 15) is 0 Å². The third-order valence-electron chi connectivity index (χ3n) is 12.2. The SMILES string of the molecule is C[C@H]1CN(CCCCCCNc2ncnc3c2N=CC3)[C@H](CO[Si](C)(C)C(C)(C)C)[C@@H](O[Si](C)(C)C(C)(C)C)[C@@H]1O[Si](C)(C)C(C)(C)C. The van der Waals surface area contributed by atoms with Gasteiger partial charge in [0.1, 0.15) is 12.0 Å². The number of unbranched alkanes of at least 4 members (excludes halogenated alkanes) is 3. The Morgan fingerprint density at radius 3 is 1.92 bits per heavy atom. The van der Waals surface area contributed by atoms with Crippen molar-refractivity contribution in [2.75, 3.05) is 31.6 Å². The molecule has 1 N–H and O–H groups in total. The van der Waals surface area contributed by atoms with Crippen LogP contribution in [0.3, 0.4) is 0 Å². The first-order valence-electron chi connectivity index (χ1n) is 18.7. The normalized spacial score (nSPS) is 23.1. The van der Waals surface area contributed by atoms with Crippen LogP contribution in [0, 0.1) is 5.92 Å². The van der Waals surface area contributed by atoms with Gasteiger partial charge in [0.15, 0.2) is 30.8 Å². The van der Waals surface area contributed by atoms with Crippen LogP contribution in [-0.2, 0) is 19.7 Å². The fourth-order valence-electron chi connectivity index (χ4n) is 5.74. The summed E-state index contributed by atoms with van der Waals surface area (Å²) < 4.78 is 22.0. The van der Waals surface area contributed by atoms with Crippen molar-refractivity contribution in [2.24, 2.45) is 10.9 Å². The van der Waals surface area contributed by atoms with Gasteiger partial charge in [0, 0.05) is 25.7 Å². The van der Waals surface area contributed by atoms with E-state index < -0.39 is 25.0 Å². The first-order valence-corrected chi connectivity index (χ1v) is 27.4. The van der Waals surface area contributed by atoms with Gasteiger partial charge in [-0.05, 0) is 79.7 Å². The fraction of sp³-hybridized carbons (Fsp3) is 0.865. The standard InChI is InChI=1S/C37H73N5O3Si3/c1-28-25-42(24-20-18-17-19-22-39-34-31-29(21-23-38-31)40-27-41-34)30(26-43-46(11,12)35(2,3)4)33(45-48(15,16)37(8,9)10)32(28)44-47(13,14)36(5,6)7/h23,27-28,30,32-33H,17-22,24-26H2,1-16H3,(H,39,40,41)/t28-,30+,32+,33+/m0/s1. The minimum Gasteiger partial charge on any atom is -0.415 e. The van der Waals surface area contributed by atoms with Gasteiger partial charge in [0.05, 0.1) is 30.6 Å². The highest BCUT2D eigenvalue weighted by atomic mass is 28.4. The average Bonchev–Trinajstić information content (AvgIpc) is 3.42. The molecule has 0 amide bonds. The second-order valence-electron chi connectivity index (χ2n) is 19.2. The van der Waals surface area contributed by atoms with E-state index in [1.54, 1.807) is 6.33 Å². The van der Waals surface area contributed by atoms with Gasteiger partial charge in [-0.25, -0.2) is 9.97 Å². The summed E-state index contributed by atoms with van der Waals surface area (Å²) in [5, 5.41) is 3.90. The van der Waals surface area contributed by atoms with Gasteiger partial charge in [0.25, 0.3) is 0 Å². The molecule has 0 spiro atoms. The van der Waals surface area contributed by atoms with Crippen LogP contribution in [0.4, 0.5) is 11.5 Å². The number of hydrogen-bond donors (Lipinski definition) is 1. The van der Waals surface area contributed by atoms with Crippen molar-refractivity contribution in [1.82, 2.24) is 14.9 Å². The fourth-order valence-corrected chi connectivity index (χ4v) is 9.49. The summed E-state index contributed by atoms with van der Waals surface area (Å²) in [6, 6.07) is 0.168. The van der Waals surface area contributed by atoms with E-state index in [2.05, 4.69) is 134 Å². The molecule has 276 valence electrons. The second-order valence-corrected chi connectivity index (χ2v) is 33.5. The summed E-state index contributed by atoms with van der Waals surface area (Å²) in [5.41, 5.74) is 1.93. The third-order valence-corrected chi connectivity index (χ3v) is 25.7. The summed E-state index contributed by atoms with van der Waals surface area (Å²) >= 11 is 0. The monoisotopic (exact) mass is 720 g/mol. The minimum absolute atomic E-state index is 0.0185. The molecule has 0 saturated carbocycles. The molecule has 1 fully saturated rings. The highest BCUT2D eigenvalue weighted by Gasteiger charge is 2.52. The van der Waals surface area contributed by atoms with Crippen molar-refractivity contribution in [1.29, 1.82) is 0 Å². The van der Waals surface area contributed by atoms with Crippen LogP contribution in [0.25, 0.3) is 0 Å². The van der Waals surface area contributed by atoms with E-state index in [0.29, 0.717) is 12.5 Å². The van der Waals surface area contributed by atoms with Crippen molar-refractivity contribution in [3.8, 4) is 0 Å². The van der Waals surface area contributed by atoms with Crippen molar-refractivity contribution >= 4 is 42.7 Å². The quantitative estimate of drug-likeness (QED) is 0.143. The molecule has 2 aliphatic rings. The average molecular weight is 720 g/mol. The van der Waals surface area contributed by atoms with Crippen LogP contribution < -0.4 is 5.32 Å². The van der Waals surface area contributed by atoms with Crippen molar-refractivity contribution in [3.63, 3.8) is 0 Å². The predicted molar refractivity (Wildman–Crippen MR) is 213 cm³/mol. The highest BCUT2D eigenvalue weighted by molar-refractivity contribution is 6.75. The first kappa shape index (κ1) is 41.5. The zero-order valence-electron chi connectivity index (χ0n) is 33.8. The van der Waals surface area contributed by atoms with Crippen LogP contribution in [-0.4, -0.2) is 90.5 Å². The maximum absolute atomic E-state index is 7.51. The zero-order valence-corrected chi connectivity index (χ0v) is 36.8. The Kier molecular flexibility index (Phi) is 13.6. The lowest BCUT2D eigenvalue weighted by Gasteiger charge is -2.54. The molecule has 8 nitrogen and oxygen atoms in total. The lowest BCUT2D eigenvalue weighted by Crippen LogP contribution is -2.66. The molecule has 0 bridgehead atoms. The molecule has 11 heteroatoms. The topological polar surface area (TPSA) is 81.1 Å². The van der Waals surface area contributed by atoms with E-state index in [0.717, 1.165) is 56.1 Å². The maximum Gasteiger partial charge on any atom is 0.192 e. The van der Waals surface area contributed by atoms with Crippen LogP contribution in [0.1, 0.15) is 101 Å². The van der Waals surface area contributed by atoms with Gasteiger partial charge in [-0.2, -0.15) is 0 Å². The van der Waals surface area contributed by atoms with E-state index in [1.165, 1.54) is 12.8 Å². The molecule has 0 radical (unpaired) electrons. The molecule has 0 aliphatic carbocycles. The van der Waals surface area contributed by atoms with Gasteiger partial charge in [0.2, 0.25) is 0 Å². The molecule has 1 aromatic heterocycles. The molecular weight excluding hydrogens is 647 g/mol. The number of nitrogens with zero attached hydrogens (tertiary/aromatic N) is 4. The Morgan fingerprint density at radius 2 is 1.33 bits per heavy atom. The van der Waals surface area contributed by atoms with Gasteiger partial charge in [-0.1, -0.05) is 82.1 Å². The van der Waals surface area contributed by atoms with Gasteiger partial charge in [-0.15, -0.1) is 0 Å². The third kappa shape index (κ3) is 10.3. The number of hydrogen-bond acceptors (Lipinski definition) is 8. The Bertz CT molecular complexity index is 1220.